The molecule has 3 aromatic carbocycles. The zero-order chi connectivity index (χ0) is 32.8. The molecule has 6 aromatic rings. The molecule has 1 aliphatic rings. The van der Waals surface area contributed by atoms with E-state index >= 15 is 8.78 Å². The van der Waals surface area contributed by atoms with Gasteiger partial charge in [0.1, 0.15) is 52.2 Å². The minimum Gasteiger partial charge on any atom is -0.488 e. The summed E-state index contributed by atoms with van der Waals surface area (Å²) in [6, 6.07) is 13.4. The van der Waals surface area contributed by atoms with Gasteiger partial charge in [0, 0.05) is 18.7 Å². The smallest absolute Gasteiger partial charge is 0.203 e. The van der Waals surface area contributed by atoms with Crippen LogP contribution in [0.3, 0.4) is 0 Å². The quantitative estimate of drug-likeness (QED) is 0.186. The van der Waals surface area contributed by atoms with Crippen LogP contribution in [0.4, 0.5) is 19.0 Å². The number of ether oxygens (including phenoxy) is 2. The molecule has 47 heavy (non-hydrogen) atoms. The molecule has 4 heterocycles. The van der Waals surface area contributed by atoms with E-state index in [9.17, 15) is 9.18 Å². The van der Waals surface area contributed by atoms with Crippen molar-refractivity contribution in [1.82, 2.24) is 19.7 Å². The Hall–Kier alpha value is -5.23. The van der Waals surface area contributed by atoms with Crippen LogP contribution < -0.4 is 15.1 Å². The van der Waals surface area contributed by atoms with Gasteiger partial charge in [0.2, 0.25) is 5.43 Å². The molecule has 3 aromatic heterocycles. The molecule has 7 rings (SSSR count). The number of aromatic nitrogens is 4. The molecule has 1 aliphatic heterocycles. The van der Waals surface area contributed by atoms with Gasteiger partial charge in [-0.2, -0.15) is 5.10 Å². The lowest BCUT2D eigenvalue weighted by atomic mass is 9.99. The number of anilines is 1. The summed E-state index contributed by atoms with van der Waals surface area (Å²) < 4.78 is 63.9. The van der Waals surface area contributed by atoms with Crippen molar-refractivity contribution in [3.8, 4) is 28.1 Å². The molecular weight excluding hydrogens is 611 g/mol. The van der Waals surface area contributed by atoms with Crippen molar-refractivity contribution in [1.29, 1.82) is 0 Å². The Morgan fingerprint density at radius 2 is 1.66 bits per heavy atom. The molecule has 0 radical (unpaired) electrons. The van der Waals surface area contributed by atoms with Crippen LogP contribution in [0.1, 0.15) is 32.6 Å². The number of benzene rings is 3. The minimum absolute atomic E-state index is 0.0107. The molecule has 1 saturated heterocycles. The van der Waals surface area contributed by atoms with E-state index in [2.05, 4.69) is 14.9 Å². The van der Waals surface area contributed by atoms with Gasteiger partial charge in [-0.3, -0.25) is 4.79 Å². The van der Waals surface area contributed by atoms with E-state index in [0.29, 0.717) is 54.4 Å². The van der Waals surface area contributed by atoms with Gasteiger partial charge >= 0.3 is 0 Å². The predicted molar refractivity (Wildman–Crippen MR) is 171 cm³/mol. The van der Waals surface area contributed by atoms with Crippen LogP contribution in [-0.4, -0.2) is 52.2 Å². The maximum atomic E-state index is 15.4. The van der Waals surface area contributed by atoms with Gasteiger partial charge in [0.05, 0.1) is 30.3 Å². The number of hydrogen-bond donors (Lipinski definition) is 0. The van der Waals surface area contributed by atoms with Crippen molar-refractivity contribution in [3.05, 3.63) is 100 Å². The van der Waals surface area contributed by atoms with E-state index < -0.39 is 28.9 Å². The molecule has 0 unspecified atom stereocenters. The highest BCUT2D eigenvalue weighted by Gasteiger charge is 2.29. The first kappa shape index (κ1) is 30.4. The number of fused-ring (bicyclic) bond motifs is 2. The Bertz CT molecular complexity index is 2190. The Balaban J connectivity index is 1.48. The second-order valence-electron chi connectivity index (χ2n) is 11.6. The van der Waals surface area contributed by atoms with Gasteiger partial charge < -0.3 is 18.8 Å². The molecule has 1 fully saturated rings. The summed E-state index contributed by atoms with van der Waals surface area (Å²) in [5, 5.41) is 5.25. The first-order valence-electron chi connectivity index (χ1n) is 15.2. The molecule has 0 N–H and O–H groups in total. The second-order valence-corrected chi connectivity index (χ2v) is 11.6. The summed E-state index contributed by atoms with van der Waals surface area (Å²) in [6.45, 7) is 7.50. The first-order chi connectivity index (χ1) is 22.7. The van der Waals surface area contributed by atoms with Gasteiger partial charge in [0.15, 0.2) is 17.2 Å². The Morgan fingerprint density at radius 3 is 2.40 bits per heavy atom. The molecule has 0 spiro atoms. The van der Waals surface area contributed by atoms with Gasteiger partial charge in [-0.25, -0.2) is 27.8 Å². The van der Waals surface area contributed by atoms with Gasteiger partial charge in [-0.15, -0.1) is 0 Å². The lowest BCUT2D eigenvalue weighted by Gasteiger charge is -2.28. The number of rotatable bonds is 7. The average molecular weight is 642 g/mol. The zero-order valence-corrected chi connectivity index (χ0v) is 25.8. The summed E-state index contributed by atoms with van der Waals surface area (Å²) in [5.41, 5.74) is 0.813. The molecule has 9 nitrogen and oxygen atoms in total. The van der Waals surface area contributed by atoms with Crippen LogP contribution in [0.15, 0.2) is 76.2 Å². The monoisotopic (exact) mass is 641 g/mol. The lowest BCUT2D eigenvalue weighted by Crippen LogP contribution is -2.36. The summed E-state index contributed by atoms with van der Waals surface area (Å²) in [7, 11) is 0. The molecule has 0 bridgehead atoms. The van der Waals surface area contributed by atoms with Crippen molar-refractivity contribution in [2.24, 2.45) is 0 Å². The predicted octanol–water partition coefficient (Wildman–Crippen LogP) is 6.92. The SMILES string of the molecule is CC(C)Oc1ccc(-c2nn([C@H](C)c3oc4cccc(F)c4c(=O)c3-c3cccc(F)c3)c3ncnc(N4CCOCC4)c23)cc1F. The molecule has 240 valence electrons. The summed E-state index contributed by atoms with van der Waals surface area (Å²) >= 11 is 0. The number of hydrogen-bond acceptors (Lipinski definition) is 8. The Morgan fingerprint density at radius 1 is 0.872 bits per heavy atom. The van der Waals surface area contributed by atoms with Gasteiger partial charge in [-0.05, 0) is 68.8 Å². The third-order valence-electron chi connectivity index (χ3n) is 8.10. The first-order valence-corrected chi connectivity index (χ1v) is 15.2. The van der Waals surface area contributed by atoms with Crippen molar-refractivity contribution < 1.29 is 27.1 Å². The highest BCUT2D eigenvalue weighted by atomic mass is 19.1. The van der Waals surface area contributed by atoms with Crippen molar-refractivity contribution in [2.75, 3.05) is 31.2 Å². The normalized spacial score (nSPS) is 14.3. The Labute approximate surface area is 267 Å². The van der Waals surface area contributed by atoms with Crippen molar-refractivity contribution >= 4 is 27.8 Å². The molecule has 12 heteroatoms. The topological polar surface area (TPSA) is 95.5 Å². The fourth-order valence-corrected chi connectivity index (χ4v) is 5.98. The number of morpholine rings is 1. The van der Waals surface area contributed by atoms with Crippen LogP contribution in [0.2, 0.25) is 0 Å². The fraction of sp³-hybridized carbons (Fsp3) is 0.257. The summed E-state index contributed by atoms with van der Waals surface area (Å²) in [6.07, 6.45) is 1.19. The molecular formula is C35H30F3N5O4. The van der Waals surface area contributed by atoms with Crippen LogP contribution in [0.5, 0.6) is 5.75 Å². The van der Waals surface area contributed by atoms with E-state index in [1.54, 1.807) is 29.8 Å². The van der Waals surface area contributed by atoms with E-state index in [-0.39, 0.29) is 39.7 Å². The zero-order valence-electron chi connectivity index (χ0n) is 25.8. The standard InChI is InChI=1S/C35H30F3N5O4/c1-19(2)46-26-11-10-22(17-25(26)38)31-30-34(42-12-14-45-15-13-42)39-18-40-35(30)43(41-31)20(3)33-28(21-6-4-7-23(36)16-21)32(44)29-24(37)8-5-9-27(29)47-33/h4-11,16-20H,12-15H2,1-3H3/t20-/m1/s1. The van der Waals surface area contributed by atoms with E-state index in [4.69, 9.17) is 19.0 Å². The second kappa shape index (κ2) is 12.2. The van der Waals surface area contributed by atoms with Crippen LogP contribution in [-0.2, 0) is 4.74 Å². The van der Waals surface area contributed by atoms with E-state index in [0.717, 1.165) is 0 Å². The average Bonchev–Trinajstić information content (AvgIpc) is 3.45. The molecule has 1 atom stereocenters. The number of nitrogens with zero attached hydrogens (tertiary/aromatic N) is 5. The third kappa shape index (κ3) is 5.48. The van der Waals surface area contributed by atoms with E-state index in [1.807, 2.05) is 13.8 Å². The molecule has 0 aliphatic carbocycles. The van der Waals surface area contributed by atoms with Crippen molar-refractivity contribution in [2.45, 2.75) is 32.9 Å². The van der Waals surface area contributed by atoms with Crippen molar-refractivity contribution in [3.63, 3.8) is 0 Å². The highest BCUT2D eigenvalue weighted by molar-refractivity contribution is 5.99. The maximum Gasteiger partial charge on any atom is 0.203 e. The lowest BCUT2D eigenvalue weighted by molar-refractivity contribution is 0.122. The van der Waals surface area contributed by atoms with Crippen LogP contribution >= 0.6 is 0 Å². The third-order valence-corrected chi connectivity index (χ3v) is 8.10. The Kier molecular flexibility index (Phi) is 7.88. The largest absolute Gasteiger partial charge is 0.488 e. The minimum atomic E-state index is -0.828. The molecule has 0 saturated carbocycles. The fourth-order valence-electron chi connectivity index (χ4n) is 5.98. The summed E-state index contributed by atoms with van der Waals surface area (Å²) in [4.78, 5) is 25.2. The molecule has 0 amide bonds. The van der Waals surface area contributed by atoms with Crippen LogP contribution in [0.25, 0.3) is 44.4 Å². The summed E-state index contributed by atoms with van der Waals surface area (Å²) in [5.74, 6) is -1.08. The van der Waals surface area contributed by atoms with Crippen LogP contribution in [0, 0.1) is 17.5 Å². The van der Waals surface area contributed by atoms with Gasteiger partial charge in [0.25, 0.3) is 0 Å². The highest BCUT2D eigenvalue weighted by Crippen LogP contribution is 2.39. The maximum absolute atomic E-state index is 15.4. The van der Waals surface area contributed by atoms with E-state index in [1.165, 1.54) is 48.8 Å². The number of halogens is 3. The van der Waals surface area contributed by atoms with Gasteiger partial charge in [-0.1, -0.05) is 18.2 Å².